The van der Waals surface area contributed by atoms with Crippen molar-refractivity contribution in [2.24, 2.45) is 0 Å². The first kappa shape index (κ1) is 15.5. The number of benzene rings is 2. The van der Waals surface area contributed by atoms with Crippen molar-refractivity contribution < 1.29 is 9.00 Å². The zero-order valence-corrected chi connectivity index (χ0v) is 13.7. The molecule has 1 amide bonds. The van der Waals surface area contributed by atoms with E-state index in [1.807, 2.05) is 18.2 Å². The molecule has 1 aliphatic heterocycles. The van der Waals surface area contributed by atoms with Gasteiger partial charge in [0.25, 0.3) is 5.91 Å². The van der Waals surface area contributed by atoms with Gasteiger partial charge < -0.3 is 10.2 Å². The molecule has 4 nitrogen and oxygen atoms in total. The molecule has 1 atom stereocenters. The first-order valence-electron chi connectivity index (χ1n) is 7.38. The van der Waals surface area contributed by atoms with Crippen LogP contribution < -0.4 is 10.2 Å². The molecule has 0 saturated carbocycles. The molecule has 23 heavy (non-hydrogen) atoms. The summed E-state index contributed by atoms with van der Waals surface area (Å²) >= 11 is 0. The fraction of sp³-hybridized carbons (Fsp3) is 0.167. The maximum absolute atomic E-state index is 12.4. The summed E-state index contributed by atoms with van der Waals surface area (Å²) in [5.74, 6) is -0.168. The SMILES string of the molecule is C[S@](=O)c1cccc(NC(=O)c2cccc(N3CC=CC3)c2)c1. The van der Waals surface area contributed by atoms with Gasteiger partial charge in [-0.3, -0.25) is 9.00 Å². The number of nitrogens with zero attached hydrogens (tertiary/aromatic N) is 1. The summed E-state index contributed by atoms with van der Waals surface area (Å²) in [7, 11) is -1.07. The molecule has 0 aliphatic carbocycles. The highest BCUT2D eigenvalue weighted by Gasteiger charge is 2.12. The number of nitrogens with one attached hydrogen (secondary N) is 1. The Hall–Kier alpha value is -2.40. The van der Waals surface area contributed by atoms with Crippen molar-refractivity contribution in [3.8, 4) is 0 Å². The van der Waals surface area contributed by atoms with Crippen LogP contribution in [0.15, 0.2) is 65.6 Å². The van der Waals surface area contributed by atoms with Gasteiger partial charge in [0.15, 0.2) is 0 Å². The van der Waals surface area contributed by atoms with E-state index in [1.165, 1.54) is 0 Å². The Morgan fingerprint density at radius 3 is 2.57 bits per heavy atom. The monoisotopic (exact) mass is 326 g/mol. The fourth-order valence-corrected chi connectivity index (χ4v) is 3.05. The molecule has 1 N–H and O–H groups in total. The lowest BCUT2D eigenvalue weighted by Gasteiger charge is -2.18. The predicted molar refractivity (Wildman–Crippen MR) is 94.5 cm³/mol. The molecule has 2 aromatic carbocycles. The molecule has 3 rings (SSSR count). The Balaban J connectivity index is 1.77. The minimum absolute atomic E-state index is 0.168. The molecule has 0 saturated heterocycles. The zero-order chi connectivity index (χ0) is 16.2. The van der Waals surface area contributed by atoms with Crippen LogP contribution in [0, 0.1) is 0 Å². The molecule has 0 spiro atoms. The van der Waals surface area contributed by atoms with Gasteiger partial charge in [-0.1, -0.05) is 24.3 Å². The van der Waals surface area contributed by atoms with E-state index >= 15 is 0 Å². The Morgan fingerprint density at radius 1 is 1.09 bits per heavy atom. The third-order valence-corrected chi connectivity index (χ3v) is 4.63. The summed E-state index contributed by atoms with van der Waals surface area (Å²) in [5, 5.41) is 2.86. The Labute approximate surface area is 138 Å². The predicted octanol–water partition coefficient (Wildman–Crippen LogP) is 3.05. The topological polar surface area (TPSA) is 49.4 Å². The zero-order valence-electron chi connectivity index (χ0n) is 12.9. The molecule has 5 heteroatoms. The molecule has 1 aliphatic rings. The van der Waals surface area contributed by atoms with Gasteiger partial charge in [0.05, 0.1) is 0 Å². The van der Waals surface area contributed by atoms with Crippen LogP contribution in [0.2, 0.25) is 0 Å². The number of hydrogen-bond acceptors (Lipinski definition) is 3. The van der Waals surface area contributed by atoms with Gasteiger partial charge in [-0.25, -0.2) is 0 Å². The van der Waals surface area contributed by atoms with Gasteiger partial charge in [-0.2, -0.15) is 0 Å². The molecule has 0 fully saturated rings. The van der Waals surface area contributed by atoms with Crippen molar-refractivity contribution in [2.75, 3.05) is 29.6 Å². The summed E-state index contributed by atoms with van der Waals surface area (Å²) in [6, 6.07) is 14.7. The molecule has 0 bridgehead atoms. The van der Waals surface area contributed by atoms with E-state index in [-0.39, 0.29) is 5.91 Å². The van der Waals surface area contributed by atoms with Crippen molar-refractivity contribution in [3.63, 3.8) is 0 Å². The lowest BCUT2D eigenvalue weighted by atomic mass is 10.1. The first-order chi connectivity index (χ1) is 11.1. The van der Waals surface area contributed by atoms with E-state index in [2.05, 4.69) is 22.4 Å². The average Bonchev–Trinajstić information content (AvgIpc) is 3.10. The van der Waals surface area contributed by atoms with Crippen LogP contribution in [-0.2, 0) is 10.8 Å². The quantitative estimate of drug-likeness (QED) is 0.879. The van der Waals surface area contributed by atoms with Gasteiger partial charge >= 0.3 is 0 Å². The van der Waals surface area contributed by atoms with E-state index in [0.29, 0.717) is 16.1 Å². The number of hydrogen-bond donors (Lipinski definition) is 1. The van der Waals surface area contributed by atoms with Crippen molar-refractivity contribution in [2.45, 2.75) is 4.90 Å². The van der Waals surface area contributed by atoms with E-state index in [9.17, 15) is 9.00 Å². The molecule has 0 radical (unpaired) electrons. The second-order valence-electron chi connectivity index (χ2n) is 5.36. The van der Waals surface area contributed by atoms with Crippen LogP contribution in [0.25, 0.3) is 0 Å². The molecule has 1 heterocycles. The smallest absolute Gasteiger partial charge is 0.255 e. The lowest BCUT2D eigenvalue weighted by Crippen LogP contribution is -2.19. The van der Waals surface area contributed by atoms with Crippen LogP contribution in [0.4, 0.5) is 11.4 Å². The van der Waals surface area contributed by atoms with E-state index in [0.717, 1.165) is 18.8 Å². The number of amides is 1. The summed E-state index contributed by atoms with van der Waals surface area (Å²) in [5.41, 5.74) is 2.29. The number of carbonyl (C=O) groups is 1. The maximum atomic E-state index is 12.4. The largest absolute Gasteiger partial charge is 0.364 e. The number of rotatable bonds is 4. The molecule has 2 aromatic rings. The second kappa shape index (κ2) is 6.79. The Morgan fingerprint density at radius 2 is 1.83 bits per heavy atom. The Bertz CT molecular complexity index is 778. The van der Waals surface area contributed by atoms with Gasteiger partial charge in [-0.15, -0.1) is 0 Å². The van der Waals surface area contributed by atoms with E-state index < -0.39 is 10.8 Å². The van der Waals surface area contributed by atoms with Gasteiger partial charge in [0.2, 0.25) is 0 Å². The van der Waals surface area contributed by atoms with Crippen LogP contribution in [0.1, 0.15) is 10.4 Å². The normalized spacial score (nSPS) is 14.7. The van der Waals surface area contributed by atoms with Crippen molar-refractivity contribution >= 4 is 28.1 Å². The number of anilines is 2. The minimum Gasteiger partial charge on any atom is -0.364 e. The van der Waals surface area contributed by atoms with Crippen LogP contribution in [0.5, 0.6) is 0 Å². The van der Waals surface area contributed by atoms with Crippen LogP contribution >= 0.6 is 0 Å². The summed E-state index contributed by atoms with van der Waals surface area (Å²) in [6.45, 7) is 1.74. The summed E-state index contributed by atoms with van der Waals surface area (Å²) in [4.78, 5) is 15.3. The van der Waals surface area contributed by atoms with Crippen molar-refractivity contribution in [3.05, 3.63) is 66.2 Å². The summed E-state index contributed by atoms with van der Waals surface area (Å²) < 4.78 is 11.5. The summed E-state index contributed by atoms with van der Waals surface area (Å²) in [6.07, 6.45) is 5.85. The first-order valence-corrected chi connectivity index (χ1v) is 8.94. The highest BCUT2D eigenvalue weighted by molar-refractivity contribution is 7.84. The lowest BCUT2D eigenvalue weighted by molar-refractivity contribution is 0.102. The minimum atomic E-state index is -1.07. The Kier molecular flexibility index (Phi) is 4.57. The molecular formula is C18H18N2O2S. The van der Waals surface area contributed by atoms with Gasteiger partial charge in [0.1, 0.15) is 0 Å². The standard InChI is InChI=1S/C18H18N2O2S/c1-23(22)17-9-5-7-15(13-17)19-18(21)14-6-4-8-16(12-14)20-10-2-3-11-20/h2-9,12-13H,10-11H2,1H3,(H,19,21)/t23-/m0/s1. The molecule has 0 aromatic heterocycles. The van der Waals surface area contributed by atoms with Crippen LogP contribution in [-0.4, -0.2) is 29.5 Å². The third-order valence-electron chi connectivity index (χ3n) is 3.72. The van der Waals surface area contributed by atoms with Crippen molar-refractivity contribution in [1.29, 1.82) is 0 Å². The second-order valence-corrected chi connectivity index (χ2v) is 6.74. The van der Waals surface area contributed by atoms with E-state index in [4.69, 9.17) is 0 Å². The van der Waals surface area contributed by atoms with E-state index in [1.54, 1.807) is 36.6 Å². The van der Waals surface area contributed by atoms with Gasteiger partial charge in [0, 0.05) is 52.0 Å². The average molecular weight is 326 g/mol. The van der Waals surface area contributed by atoms with Crippen molar-refractivity contribution in [1.82, 2.24) is 0 Å². The van der Waals surface area contributed by atoms with Crippen LogP contribution in [0.3, 0.4) is 0 Å². The highest BCUT2D eigenvalue weighted by atomic mass is 32.2. The molecule has 118 valence electrons. The number of carbonyl (C=O) groups excluding carboxylic acids is 1. The fourth-order valence-electron chi connectivity index (χ4n) is 2.49. The highest BCUT2D eigenvalue weighted by Crippen LogP contribution is 2.20. The van der Waals surface area contributed by atoms with Gasteiger partial charge in [-0.05, 0) is 36.4 Å². The molecule has 0 unspecified atom stereocenters. The maximum Gasteiger partial charge on any atom is 0.255 e. The molecular weight excluding hydrogens is 308 g/mol. The third kappa shape index (κ3) is 3.68.